The summed E-state index contributed by atoms with van der Waals surface area (Å²) < 4.78 is 0. The van der Waals surface area contributed by atoms with Gasteiger partial charge in [-0.05, 0) is 12.8 Å². The Labute approximate surface area is 65.3 Å². The van der Waals surface area contributed by atoms with Gasteiger partial charge in [-0.2, -0.15) is 0 Å². The zero-order chi connectivity index (χ0) is 8.10. The third kappa shape index (κ3) is 2.30. The van der Waals surface area contributed by atoms with Gasteiger partial charge in [0.1, 0.15) is 6.34 Å². The fraction of sp³-hybridized carbons (Fsp3) is 0.429. The summed E-state index contributed by atoms with van der Waals surface area (Å²) in [4.78, 5) is 14.7. The van der Waals surface area contributed by atoms with E-state index in [1.807, 2.05) is 0 Å². The van der Waals surface area contributed by atoms with Crippen molar-refractivity contribution < 1.29 is 4.79 Å². The fourth-order valence-corrected chi connectivity index (χ4v) is 0.736. The molecule has 0 saturated heterocycles. The summed E-state index contributed by atoms with van der Waals surface area (Å²) >= 11 is 0. The zero-order valence-corrected chi connectivity index (χ0v) is 6.29. The first kappa shape index (κ1) is 7.61. The molecule has 0 aromatic carbocycles. The van der Waals surface area contributed by atoms with E-state index < -0.39 is 0 Å². The van der Waals surface area contributed by atoms with Crippen molar-refractivity contribution in [3.8, 4) is 11.8 Å². The molecular weight excluding hydrogens is 142 g/mol. The van der Waals surface area contributed by atoms with Crippen LogP contribution in [0.4, 0.5) is 0 Å². The Morgan fingerprint density at radius 3 is 3.18 bits per heavy atom. The van der Waals surface area contributed by atoms with Crippen LogP contribution >= 0.6 is 0 Å². The number of amides is 1. The van der Waals surface area contributed by atoms with Gasteiger partial charge >= 0.3 is 5.91 Å². The van der Waals surface area contributed by atoms with E-state index in [4.69, 9.17) is 0 Å². The molecule has 4 heteroatoms. The van der Waals surface area contributed by atoms with E-state index in [0.29, 0.717) is 0 Å². The molecule has 0 spiro atoms. The maximum absolute atomic E-state index is 10.8. The average Bonchev–Trinajstić information content (AvgIpc) is 2.40. The fourth-order valence-electron chi connectivity index (χ4n) is 0.736. The number of carbonyl (C=O) groups is 1. The van der Waals surface area contributed by atoms with Crippen LogP contribution < -0.4 is 5.43 Å². The van der Waals surface area contributed by atoms with Gasteiger partial charge in [0.25, 0.3) is 0 Å². The lowest BCUT2D eigenvalue weighted by molar-refractivity contribution is -0.118. The van der Waals surface area contributed by atoms with Crippen LogP contribution in [0.1, 0.15) is 6.92 Å². The van der Waals surface area contributed by atoms with Crippen LogP contribution in [0, 0.1) is 11.8 Å². The molecule has 1 heterocycles. The molecule has 58 valence electrons. The molecule has 0 aromatic heterocycles. The molecule has 0 aromatic rings. The first-order valence-corrected chi connectivity index (χ1v) is 3.33. The van der Waals surface area contributed by atoms with E-state index in [1.54, 1.807) is 18.3 Å². The molecule has 0 atom stereocenters. The SMILES string of the molecule is CC#CC(=O)NN1C=NCC1. The average molecular weight is 151 g/mol. The van der Waals surface area contributed by atoms with Gasteiger partial charge in [-0.15, -0.1) is 0 Å². The van der Waals surface area contributed by atoms with Crippen LogP contribution in [0.2, 0.25) is 0 Å². The molecule has 1 amide bonds. The van der Waals surface area contributed by atoms with Crippen LogP contribution in [0.3, 0.4) is 0 Å². The van der Waals surface area contributed by atoms with Crippen molar-refractivity contribution >= 4 is 12.2 Å². The Kier molecular flexibility index (Phi) is 2.50. The van der Waals surface area contributed by atoms with Crippen LogP contribution in [0.15, 0.2) is 4.99 Å². The molecular formula is C7H9N3O. The van der Waals surface area contributed by atoms with E-state index in [9.17, 15) is 4.79 Å². The van der Waals surface area contributed by atoms with E-state index >= 15 is 0 Å². The second-order valence-corrected chi connectivity index (χ2v) is 2.03. The van der Waals surface area contributed by atoms with Gasteiger partial charge < -0.3 is 0 Å². The van der Waals surface area contributed by atoms with Gasteiger partial charge in [0, 0.05) is 0 Å². The van der Waals surface area contributed by atoms with Gasteiger partial charge in [-0.3, -0.25) is 20.2 Å². The van der Waals surface area contributed by atoms with Crippen molar-refractivity contribution in [1.29, 1.82) is 0 Å². The van der Waals surface area contributed by atoms with Crippen LogP contribution in [0.25, 0.3) is 0 Å². The van der Waals surface area contributed by atoms with E-state index in [1.165, 1.54) is 0 Å². The third-order valence-corrected chi connectivity index (χ3v) is 1.17. The number of rotatable bonds is 1. The Hall–Kier alpha value is -1.50. The summed E-state index contributed by atoms with van der Waals surface area (Å²) in [6.45, 7) is 3.09. The number of hydrogen-bond donors (Lipinski definition) is 1. The Morgan fingerprint density at radius 2 is 2.64 bits per heavy atom. The van der Waals surface area contributed by atoms with Crippen molar-refractivity contribution in [1.82, 2.24) is 10.4 Å². The molecule has 0 aliphatic carbocycles. The number of aliphatic imine (C=N–C) groups is 1. The molecule has 0 bridgehead atoms. The molecule has 0 fully saturated rings. The highest BCUT2D eigenvalue weighted by molar-refractivity contribution is 5.93. The Balaban J connectivity index is 2.34. The monoisotopic (exact) mass is 151 g/mol. The van der Waals surface area contributed by atoms with Crippen LogP contribution in [-0.2, 0) is 4.79 Å². The minimum atomic E-state index is -0.291. The molecule has 1 aliphatic rings. The molecule has 11 heavy (non-hydrogen) atoms. The van der Waals surface area contributed by atoms with Crippen molar-refractivity contribution in [2.75, 3.05) is 13.1 Å². The Bertz CT molecular complexity index is 236. The summed E-state index contributed by atoms with van der Waals surface area (Å²) in [6.07, 6.45) is 1.59. The Morgan fingerprint density at radius 1 is 1.82 bits per heavy atom. The highest BCUT2D eigenvalue weighted by atomic mass is 16.2. The normalized spacial score (nSPS) is 14.1. The maximum atomic E-state index is 10.8. The number of carbonyl (C=O) groups excluding carboxylic acids is 1. The molecule has 1 rings (SSSR count). The second kappa shape index (κ2) is 3.62. The molecule has 1 aliphatic heterocycles. The first-order valence-electron chi connectivity index (χ1n) is 3.33. The standard InChI is InChI=1S/C7H9N3O/c1-2-3-7(11)9-10-5-4-8-6-10/h6H,4-5H2,1H3,(H,9,11). The van der Waals surface area contributed by atoms with Crippen LogP contribution in [-0.4, -0.2) is 30.3 Å². The summed E-state index contributed by atoms with van der Waals surface area (Å²) in [6, 6.07) is 0. The predicted molar refractivity (Wildman–Crippen MR) is 41.7 cm³/mol. The summed E-state index contributed by atoms with van der Waals surface area (Å²) in [5.74, 6) is 4.59. The molecule has 0 unspecified atom stereocenters. The number of nitrogens with one attached hydrogen (secondary N) is 1. The molecule has 0 saturated carbocycles. The summed E-state index contributed by atoms with van der Waals surface area (Å²) in [5, 5.41) is 1.62. The minimum absolute atomic E-state index is 0.291. The minimum Gasteiger partial charge on any atom is -0.272 e. The lowest BCUT2D eigenvalue weighted by Gasteiger charge is -2.11. The molecule has 0 radical (unpaired) electrons. The third-order valence-electron chi connectivity index (χ3n) is 1.17. The van der Waals surface area contributed by atoms with Gasteiger partial charge in [-0.1, -0.05) is 5.92 Å². The second-order valence-electron chi connectivity index (χ2n) is 2.03. The maximum Gasteiger partial charge on any atom is 0.314 e. The lowest BCUT2D eigenvalue weighted by Crippen LogP contribution is -2.39. The van der Waals surface area contributed by atoms with Crippen molar-refractivity contribution in [3.63, 3.8) is 0 Å². The van der Waals surface area contributed by atoms with Crippen LogP contribution in [0.5, 0.6) is 0 Å². The topological polar surface area (TPSA) is 44.7 Å². The molecule has 1 N–H and O–H groups in total. The number of hydrazine groups is 1. The summed E-state index contributed by atoms with van der Waals surface area (Å²) in [7, 11) is 0. The molecule has 4 nitrogen and oxygen atoms in total. The highest BCUT2D eigenvalue weighted by Gasteiger charge is 2.05. The quantitative estimate of drug-likeness (QED) is 0.508. The van der Waals surface area contributed by atoms with Crippen molar-refractivity contribution in [2.45, 2.75) is 6.92 Å². The number of nitrogens with zero attached hydrogens (tertiary/aromatic N) is 2. The largest absolute Gasteiger partial charge is 0.314 e. The van der Waals surface area contributed by atoms with Gasteiger partial charge in [0.15, 0.2) is 0 Å². The zero-order valence-electron chi connectivity index (χ0n) is 6.29. The predicted octanol–water partition coefficient (Wildman–Crippen LogP) is -0.615. The highest BCUT2D eigenvalue weighted by Crippen LogP contribution is 1.86. The first-order chi connectivity index (χ1) is 5.33. The van der Waals surface area contributed by atoms with Gasteiger partial charge in [0.05, 0.1) is 13.1 Å². The van der Waals surface area contributed by atoms with Crippen molar-refractivity contribution in [2.24, 2.45) is 4.99 Å². The van der Waals surface area contributed by atoms with E-state index in [-0.39, 0.29) is 5.91 Å². The van der Waals surface area contributed by atoms with E-state index in [0.717, 1.165) is 13.1 Å². The van der Waals surface area contributed by atoms with Gasteiger partial charge in [0.2, 0.25) is 0 Å². The smallest absolute Gasteiger partial charge is 0.272 e. The number of hydrogen-bond acceptors (Lipinski definition) is 3. The van der Waals surface area contributed by atoms with Gasteiger partial charge in [-0.25, -0.2) is 0 Å². The van der Waals surface area contributed by atoms with Crippen molar-refractivity contribution in [3.05, 3.63) is 0 Å². The lowest BCUT2D eigenvalue weighted by atomic mass is 10.6. The summed E-state index contributed by atoms with van der Waals surface area (Å²) in [5.41, 5.74) is 2.55. The van der Waals surface area contributed by atoms with E-state index in [2.05, 4.69) is 22.3 Å².